The molecule has 0 aliphatic carbocycles. The van der Waals surface area contributed by atoms with Gasteiger partial charge < -0.3 is 4.74 Å². The zero-order chi connectivity index (χ0) is 16.3. The van der Waals surface area contributed by atoms with Gasteiger partial charge in [0.1, 0.15) is 5.75 Å². The Hall–Kier alpha value is -2.45. The minimum absolute atomic E-state index is 0.573. The van der Waals surface area contributed by atoms with Crippen molar-refractivity contribution in [3.63, 3.8) is 0 Å². The van der Waals surface area contributed by atoms with Gasteiger partial charge in [0, 0.05) is 0 Å². The highest BCUT2D eigenvalue weighted by molar-refractivity contribution is 8.13. The molecule has 0 unspecified atom stereocenters. The third-order valence-corrected chi connectivity index (χ3v) is 3.72. The average molecular weight is 325 g/mol. The molecular weight excluding hydrogens is 306 g/mol. The molecule has 4 nitrogen and oxygen atoms in total. The lowest BCUT2D eigenvalue weighted by molar-refractivity contribution is 0.311. The lowest BCUT2D eigenvalue weighted by Gasteiger charge is -2.07. The van der Waals surface area contributed by atoms with Crippen LogP contribution in [-0.4, -0.2) is 18.0 Å². The highest BCUT2D eigenvalue weighted by atomic mass is 32.2. The second kappa shape index (κ2) is 9.54. The molecule has 2 aromatic carbocycles. The molecule has 0 saturated carbocycles. The Morgan fingerprint density at radius 2 is 1.91 bits per heavy atom. The number of hydrogen-bond donors (Lipinski definition) is 1. The van der Waals surface area contributed by atoms with E-state index in [2.05, 4.69) is 34.6 Å². The molecule has 0 saturated heterocycles. The maximum absolute atomic E-state index is 8.62. The van der Waals surface area contributed by atoms with Crippen molar-refractivity contribution in [2.24, 2.45) is 4.99 Å². The largest absolute Gasteiger partial charge is 0.494 e. The van der Waals surface area contributed by atoms with E-state index in [1.165, 1.54) is 17.3 Å². The molecule has 2 rings (SSSR count). The molecule has 0 bridgehead atoms. The van der Waals surface area contributed by atoms with Gasteiger partial charge in [-0.15, -0.1) is 0 Å². The van der Waals surface area contributed by atoms with Crippen molar-refractivity contribution in [1.29, 1.82) is 5.26 Å². The third kappa shape index (κ3) is 6.05. The molecular formula is C18H19N3OS. The van der Waals surface area contributed by atoms with Crippen LogP contribution in [0.3, 0.4) is 0 Å². The first-order valence-electron chi connectivity index (χ1n) is 7.36. The number of hydrogen-bond acceptors (Lipinski definition) is 4. The fourth-order valence-corrected chi connectivity index (χ4v) is 2.36. The van der Waals surface area contributed by atoms with E-state index in [4.69, 9.17) is 10.00 Å². The number of aliphatic imine (C=N–C) groups is 1. The normalized spacial score (nSPS) is 10.9. The highest BCUT2D eigenvalue weighted by Gasteiger charge is 1.98. The van der Waals surface area contributed by atoms with Crippen molar-refractivity contribution >= 4 is 22.6 Å². The Morgan fingerprint density at radius 1 is 1.17 bits per heavy atom. The van der Waals surface area contributed by atoms with Gasteiger partial charge in [-0.1, -0.05) is 42.1 Å². The van der Waals surface area contributed by atoms with Crippen LogP contribution in [-0.2, 0) is 6.42 Å². The summed E-state index contributed by atoms with van der Waals surface area (Å²) in [5, 5.41) is 11.7. The van der Waals surface area contributed by atoms with Crippen molar-refractivity contribution in [2.45, 2.75) is 12.8 Å². The number of nitrogens with one attached hydrogen (secondary N) is 1. The second-order valence-electron chi connectivity index (χ2n) is 4.79. The summed E-state index contributed by atoms with van der Waals surface area (Å²) in [6, 6.07) is 17.9. The lowest BCUT2D eigenvalue weighted by Crippen LogP contribution is -2.12. The SMILES string of the molecule is CSC(=Nc1ccc(OCCCc2ccccc2)cc1)NC#N. The van der Waals surface area contributed by atoms with E-state index < -0.39 is 0 Å². The molecule has 0 amide bonds. The minimum Gasteiger partial charge on any atom is -0.494 e. The van der Waals surface area contributed by atoms with Gasteiger partial charge in [0.05, 0.1) is 12.3 Å². The predicted molar refractivity (Wildman–Crippen MR) is 96.1 cm³/mol. The van der Waals surface area contributed by atoms with E-state index >= 15 is 0 Å². The van der Waals surface area contributed by atoms with Gasteiger partial charge in [0.15, 0.2) is 11.4 Å². The van der Waals surface area contributed by atoms with Crippen molar-refractivity contribution in [3.8, 4) is 11.9 Å². The molecule has 2 aromatic rings. The smallest absolute Gasteiger partial charge is 0.183 e. The van der Waals surface area contributed by atoms with Gasteiger partial charge >= 0.3 is 0 Å². The number of benzene rings is 2. The number of aryl methyl sites for hydroxylation is 1. The Kier molecular flexibility index (Phi) is 7.02. The first-order valence-corrected chi connectivity index (χ1v) is 8.59. The first kappa shape index (κ1) is 16.9. The lowest BCUT2D eigenvalue weighted by atomic mass is 10.1. The van der Waals surface area contributed by atoms with E-state index in [1.807, 2.05) is 42.8 Å². The predicted octanol–water partition coefficient (Wildman–Crippen LogP) is 4.12. The molecule has 0 heterocycles. The molecule has 23 heavy (non-hydrogen) atoms. The van der Waals surface area contributed by atoms with Crippen LogP contribution in [0.15, 0.2) is 59.6 Å². The Balaban J connectivity index is 1.80. The number of nitrogens with zero attached hydrogens (tertiary/aromatic N) is 2. The number of nitriles is 1. The van der Waals surface area contributed by atoms with E-state index in [-0.39, 0.29) is 0 Å². The van der Waals surface area contributed by atoms with Crippen LogP contribution in [0, 0.1) is 11.5 Å². The van der Waals surface area contributed by atoms with E-state index in [0.29, 0.717) is 11.8 Å². The molecule has 0 fully saturated rings. The maximum Gasteiger partial charge on any atom is 0.183 e. The van der Waals surface area contributed by atoms with E-state index in [9.17, 15) is 0 Å². The van der Waals surface area contributed by atoms with Crippen LogP contribution in [0.25, 0.3) is 0 Å². The Bertz CT molecular complexity index is 663. The summed E-state index contributed by atoms with van der Waals surface area (Å²) in [4.78, 5) is 4.33. The Morgan fingerprint density at radius 3 is 2.57 bits per heavy atom. The summed E-state index contributed by atoms with van der Waals surface area (Å²) < 4.78 is 5.74. The quantitative estimate of drug-likeness (QED) is 0.285. The van der Waals surface area contributed by atoms with Crippen molar-refractivity contribution in [2.75, 3.05) is 12.9 Å². The molecule has 0 atom stereocenters. The average Bonchev–Trinajstić information content (AvgIpc) is 2.60. The van der Waals surface area contributed by atoms with Crippen molar-refractivity contribution in [1.82, 2.24) is 5.32 Å². The van der Waals surface area contributed by atoms with Crippen molar-refractivity contribution in [3.05, 3.63) is 60.2 Å². The number of thioether (sulfide) groups is 1. The number of ether oxygens (including phenoxy) is 1. The maximum atomic E-state index is 8.62. The summed E-state index contributed by atoms with van der Waals surface area (Å²) in [5.41, 5.74) is 2.11. The molecule has 0 aromatic heterocycles. The van der Waals surface area contributed by atoms with Gasteiger partial charge in [-0.3, -0.25) is 5.32 Å². The zero-order valence-corrected chi connectivity index (χ0v) is 13.8. The Labute approximate surface area is 141 Å². The third-order valence-electron chi connectivity index (χ3n) is 3.14. The molecule has 1 N–H and O–H groups in total. The molecule has 0 aliphatic heterocycles. The summed E-state index contributed by atoms with van der Waals surface area (Å²) in [7, 11) is 0. The minimum atomic E-state index is 0.573. The summed E-state index contributed by atoms with van der Waals surface area (Å²) in [6.45, 7) is 0.684. The first-order chi connectivity index (χ1) is 11.3. The van der Waals surface area contributed by atoms with Gasteiger partial charge in [-0.05, 0) is 48.9 Å². The molecule has 118 valence electrons. The van der Waals surface area contributed by atoms with Crippen LogP contribution in [0.1, 0.15) is 12.0 Å². The van der Waals surface area contributed by atoms with Crippen LogP contribution in [0.5, 0.6) is 5.75 Å². The number of amidine groups is 1. The second-order valence-corrected chi connectivity index (χ2v) is 5.58. The van der Waals surface area contributed by atoms with Crippen LogP contribution in [0.2, 0.25) is 0 Å². The van der Waals surface area contributed by atoms with Gasteiger partial charge in [0.2, 0.25) is 0 Å². The topological polar surface area (TPSA) is 57.4 Å². The molecule has 0 radical (unpaired) electrons. The van der Waals surface area contributed by atoms with Crippen LogP contribution >= 0.6 is 11.8 Å². The molecule has 0 aliphatic rings. The van der Waals surface area contributed by atoms with Gasteiger partial charge in [0.25, 0.3) is 0 Å². The summed E-state index contributed by atoms with van der Waals surface area (Å²) in [5.74, 6) is 0.830. The monoisotopic (exact) mass is 325 g/mol. The van der Waals surface area contributed by atoms with Crippen molar-refractivity contribution < 1.29 is 4.74 Å². The molecule has 0 spiro atoms. The van der Waals surface area contributed by atoms with E-state index in [0.717, 1.165) is 24.3 Å². The fourth-order valence-electron chi connectivity index (χ4n) is 2.02. The van der Waals surface area contributed by atoms with Crippen LogP contribution < -0.4 is 10.1 Å². The summed E-state index contributed by atoms with van der Waals surface area (Å²) in [6.07, 6.45) is 5.73. The fraction of sp³-hybridized carbons (Fsp3) is 0.222. The summed E-state index contributed by atoms with van der Waals surface area (Å²) >= 11 is 1.39. The standard InChI is InChI=1S/C18H19N3OS/c1-23-18(20-14-19)21-16-9-11-17(12-10-16)22-13-5-8-15-6-3-2-4-7-15/h2-4,6-7,9-12H,5,8,13H2,1H3,(H,20,21). The highest BCUT2D eigenvalue weighted by Crippen LogP contribution is 2.19. The number of rotatable bonds is 6. The zero-order valence-electron chi connectivity index (χ0n) is 13.0. The van der Waals surface area contributed by atoms with Crippen LogP contribution in [0.4, 0.5) is 5.69 Å². The molecule has 5 heteroatoms. The van der Waals surface area contributed by atoms with Gasteiger partial charge in [-0.25, -0.2) is 4.99 Å². The van der Waals surface area contributed by atoms with Gasteiger partial charge in [-0.2, -0.15) is 5.26 Å². The van der Waals surface area contributed by atoms with E-state index in [1.54, 1.807) is 0 Å².